The maximum atomic E-state index is 11.0. The fourth-order valence-electron chi connectivity index (χ4n) is 3.03. The number of amides is 1. The van der Waals surface area contributed by atoms with E-state index in [1.807, 2.05) is 18.2 Å². The van der Waals surface area contributed by atoms with E-state index in [9.17, 15) is 9.59 Å². The average Bonchev–Trinajstić information content (AvgIpc) is 2.66. The predicted octanol–water partition coefficient (Wildman–Crippen LogP) is 1.24. The van der Waals surface area contributed by atoms with Crippen LogP contribution in [0.15, 0.2) is 30.3 Å². The molecule has 1 fully saturated rings. The van der Waals surface area contributed by atoms with Crippen LogP contribution < -0.4 is 5.32 Å². The van der Waals surface area contributed by atoms with Crippen molar-refractivity contribution in [3.05, 3.63) is 35.9 Å². The van der Waals surface area contributed by atoms with Crippen LogP contribution in [0.4, 0.5) is 0 Å². The minimum atomic E-state index is -0.881. The van der Waals surface area contributed by atoms with Crippen molar-refractivity contribution in [2.75, 3.05) is 6.54 Å². The molecular weight excluding hydrogens is 256 g/mol. The van der Waals surface area contributed by atoms with Crippen molar-refractivity contribution in [2.24, 2.45) is 0 Å². The third-order valence-electron chi connectivity index (χ3n) is 3.90. The summed E-state index contributed by atoms with van der Waals surface area (Å²) >= 11 is 0. The van der Waals surface area contributed by atoms with Gasteiger partial charge < -0.3 is 10.4 Å². The van der Waals surface area contributed by atoms with Gasteiger partial charge in [-0.25, -0.2) is 0 Å². The molecule has 1 aromatic rings. The van der Waals surface area contributed by atoms with Crippen molar-refractivity contribution in [3.8, 4) is 0 Å². The Morgan fingerprint density at radius 2 is 2.20 bits per heavy atom. The van der Waals surface area contributed by atoms with Crippen LogP contribution in [0.2, 0.25) is 0 Å². The van der Waals surface area contributed by atoms with E-state index in [1.165, 1.54) is 5.56 Å². The third kappa shape index (κ3) is 3.36. The second-order valence-corrected chi connectivity index (χ2v) is 5.56. The summed E-state index contributed by atoms with van der Waals surface area (Å²) in [6.07, 6.45) is 1.23. The Labute approximate surface area is 118 Å². The van der Waals surface area contributed by atoms with Gasteiger partial charge in [0.15, 0.2) is 0 Å². The lowest BCUT2D eigenvalue weighted by Crippen LogP contribution is -2.48. The second-order valence-electron chi connectivity index (χ2n) is 5.56. The summed E-state index contributed by atoms with van der Waals surface area (Å²) < 4.78 is 0. The zero-order valence-corrected chi connectivity index (χ0v) is 11.6. The lowest BCUT2D eigenvalue weighted by Gasteiger charge is -2.27. The first-order valence-electron chi connectivity index (χ1n) is 6.76. The normalized spacial score (nSPS) is 26.4. The number of hydrogen-bond donors (Lipinski definition) is 2. The number of benzene rings is 1. The van der Waals surface area contributed by atoms with Gasteiger partial charge in [-0.2, -0.15) is 0 Å². The molecule has 1 aliphatic heterocycles. The number of nitrogens with zero attached hydrogens (tertiary/aromatic N) is 1. The molecule has 20 heavy (non-hydrogen) atoms. The van der Waals surface area contributed by atoms with Gasteiger partial charge in [0.2, 0.25) is 6.41 Å². The molecule has 0 radical (unpaired) electrons. The molecule has 5 heteroatoms. The van der Waals surface area contributed by atoms with Crippen LogP contribution in [-0.2, 0) is 16.1 Å². The molecular formula is C15H20N2O3. The van der Waals surface area contributed by atoms with Crippen molar-refractivity contribution in [2.45, 2.75) is 37.9 Å². The van der Waals surface area contributed by atoms with Gasteiger partial charge in [-0.05, 0) is 18.9 Å². The second kappa shape index (κ2) is 6.05. The van der Waals surface area contributed by atoms with Crippen LogP contribution in [0.25, 0.3) is 0 Å². The lowest BCUT2D eigenvalue weighted by molar-refractivity contribution is -0.138. The van der Waals surface area contributed by atoms with Crippen LogP contribution in [-0.4, -0.2) is 40.5 Å². The van der Waals surface area contributed by atoms with E-state index in [1.54, 1.807) is 0 Å². The number of carbonyl (C=O) groups excluding carboxylic acids is 1. The average molecular weight is 276 g/mol. The Kier molecular flexibility index (Phi) is 4.39. The van der Waals surface area contributed by atoms with Gasteiger partial charge in [0.25, 0.3) is 0 Å². The van der Waals surface area contributed by atoms with Crippen LogP contribution >= 0.6 is 0 Å². The highest BCUT2D eigenvalue weighted by Gasteiger charge is 2.43. The summed E-state index contributed by atoms with van der Waals surface area (Å²) in [5, 5.41) is 11.8. The molecule has 108 valence electrons. The first-order valence-corrected chi connectivity index (χ1v) is 6.76. The molecule has 0 saturated carbocycles. The molecule has 2 unspecified atom stereocenters. The third-order valence-corrected chi connectivity index (χ3v) is 3.90. The molecule has 1 aromatic carbocycles. The van der Waals surface area contributed by atoms with Gasteiger partial charge in [-0.1, -0.05) is 30.3 Å². The van der Waals surface area contributed by atoms with Crippen molar-refractivity contribution >= 4 is 12.4 Å². The standard InChI is InChI=1S/C15H20N2O3/c1-12-7-15(16-11-18,8-14(19)20)10-17(12)9-13-5-3-2-4-6-13/h2-6,11-12H,7-10H2,1H3,(H,16,18)(H,19,20). The lowest BCUT2D eigenvalue weighted by atomic mass is 9.92. The predicted molar refractivity (Wildman–Crippen MR) is 75.1 cm³/mol. The monoisotopic (exact) mass is 276 g/mol. The Hall–Kier alpha value is -1.88. The molecule has 5 nitrogen and oxygen atoms in total. The molecule has 0 spiro atoms. The van der Waals surface area contributed by atoms with E-state index in [-0.39, 0.29) is 12.5 Å². The largest absolute Gasteiger partial charge is 0.481 e. The molecule has 1 heterocycles. The maximum absolute atomic E-state index is 11.0. The number of aliphatic carboxylic acids is 1. The topological polar surface area (TPSA) is 69.6 Å². The molecule has 0 bridgehead atoms. The Bertz CT molecular complexity index is 477. The first kappa shape index (κ1) is 14.5. The Morgan fingerprint density at radius 1 is 1.50 bits per heavy atom. The molecule has 0 aromatic heterocycles. The zero-order valence-electron chi connectivity index (χ0n) is 11.6. The summed E-state index contributed by atoms with van der Waals surface area (Å²) in [6.45, 7) is 3.40. The van der Waals surface area contributed by atoms with Crippen molar-refractivity contribution < 1.29 is 14.7 Å². The van der Waals surface area contributed by atoms with Crippen LogP contribution in [0.3, 0.4) is 0 Å². The minimum absolute atomic E-state index is 0.0403. The molecule has 0 aliphatic carbocycles. The number of carboxylic acid groups (broad SMARTS) is 1. The highest BCUT2D eigenvalue weighted by molar-refractivity contribution is 5.69. The molecule has 1 saturated heterocycles. The van der Waals surface area contributed by atoms with Gasteiger partial charge in [0.1, 0.15) is 0 Å². The number of nitrogens with one attached hydrogen (secondary N) is 1. The van der Waals surface area contributed by atoms with E-state index in [2.05, 4.69) is 29.3 Å². The highest BCUT2D eigenvalue weighted by Crippen LogP contribution is 2.30. The van der Waals surface area contributed by atoms with Gasteiger partial charge in [0.05, 0.1) is 12.0 Å². The molecule has 2 N–H and O–H groups in total. The number of carboxylic acids is 1. The summed E-state index contributed by atoms with van der Waals surface area (Å²) in [4.78, 5) is 24.0. The van der Waals surface area contributed by atoms with Gasteiger partial charge in [-0.3, -0.25) is 14.5 Å². The van der Waals surface area contributed by atoms with Gasteiger partial charge in [0, 0.05) is 19.1 Å². The van der Waals surface area contributed by atoms with Crippen molar-refractivity contribution in [1.29, 1.82) is 0 Å². The SMILES string of the molecule is CC1CC(CC(=O)O)(NC=O)CN1Cc1ccccc1. The molecule has 2 atom stereocenters. The smallest absolute Gasteiger partial charge is 0.305 e. The number of carbonyl (C=O) groups is 2. The van der Waals surface area contributed by atoms with E-state index in [0.29, 0.717) is 19.4 Å². The van der Waals surface area contributed by atoms with E-state index < -0.39 is 11.5 Å². The fourth-order valence-corrected chi connectivity index (χ4v) is 3.03. The minimum Gasteiger partial charge on any atom is -0.481 e. The highest BCUT2D eigenvalue weighted by atomic mass is 16.4. The molecule has 1 aliphatic rings. The van der Waals surface area contributed by atoms with Crippen molar-refractivity contribution in [1.82, 2.24) is 10.2 Å². The quantitative estimate of drug-likeness (QED) is 0.767. The first-order chi connectivity index (χ1) is 9.54. The van der Waals surface area contributed by atoms with Crippen LogP contribution in [0.1, 0.15) is 25.3 Å². The maximum Gasteiger partial charge on any atom is 0.305 e. The molecule has 1 amide bonds. The fraction of sp³-hybridized carbons (Fsp3) is 0.467. The Morgan fingerprint density at radius 3 is 2.80 bits per heavy atom. The molecule has 2 rings (SSSR count). The summed E-state index contributed by atoms with van der Waals surface area (Å²) in [5.41, 5.74) is 0.540. The summed E-state index contributed by atoms with van der Waals surface area (Å²) in [5.74, 6) is -0.881. The van der Waals surface area contributed by atoms with Gasteiger partial charge >= 0.3 is 5.97 Å². The summed E-state index contributed by atoms with van der Waals surface area (Å²) in [7, 11) is 0. The van der Waals surface area contributed by atoms with Crippen LogP contribution in [0.5, 0.6) is 0 Å². The number of rotatable bonds is 6. The number of hydrogen-bond acceptors (Lipinski definition) is 3. The van der Waals surface area contributed by atoms with E-state index in [4.69, 9.17) is 5.11 Å². The summed E-state index contributed by atoms with van der Waals surface area (Å²) in [6, 6.07) is 10.3. The number of likely N-dealkylation sites (tertiary alicyclic amines) is 1. The van der Waals surface area contributed by atoms with Gasteiger partial charge in [-0.15, -0.1) is 0 Å². The van der Waals surface area contributed by atoms with E-state index in [0.717, 1.165) is 6.54 Å². The van der Waals surface area contributed by atoms with Crippen LogP contribution in [0, 0.1) is 0 Å². The zero-order chi connectivity index (χ0) is 14.6. The Balaban J connectivity index is 2.09. The van der Waals surface area contributed by atoms with E-state index >= 15 is 0 Å². The van der Waals surface area contributed by atoms with Crippen molar-refractivity contribution in [3.63, 3.8) is 0 Å².